The molecule has 10 heavy (non-hydrogen) atoms. The fourth-order valence-corrected chi connectivity index (χ4v) is 1.33. The predicted molar refractivity (Wildman–Crippen MR) is 45.3 cm³/mol. The summed E-state index contributed by atoms with van der Waals surface area (Å²) in [5.74, 6) is 0. The van der Waals surface area contributed by atoms with Crippen molar-refractivity contribution in [3.05, 3.63) is 0 Å². The lowest BCUT2D eigenvalue weighted by Gasteiger charge is -1.97. The molecule has 0 radical (unpaired) electrons. The van der Waals surface area contributed by atoms with Gasteiger partial charge in [-0.05, 0) is 19.9 Å². The Morgan fingerprint density at radius 3 is 2.80 bits per heavy atom. The molecule has 3 unspecified atom stereocenters. The van der Waals surface area contributed by atoms with Crippen LogP contribution < -0.4 is 5.32 Å². The Labute approximate surface area is 70.5 Å². The van der Waals surface area contributed by atoms with Gasteiger partial charge in [0.15, 0.2) is 0 Å². The molecular weight excluding hydrogens is 194 g/mol. The number of nitrogens with one attached hydrogen (secondary N) is 1. The third kappa shape index (κ3) is 2.22. The van der Waals surface area contributed by atoms with Crippen LogP contribution in [0.25, 0.3) is 0 Å². The lowest BCUT2D eigenvalue weighted by molar-refractivity contribution is 0.345. The summed E-state index contributed by atoms with van der Waals surface area (Å²) in [6.45, 7) is 5.32. The third-order valence-electron chi connectivity index (χ3n) is 1.57. The van der Waals surface area contributed by atoms with Crippen LogP contribution >= 0.6 is 15.9 Å². The highest BCUT2D eigenvalue weighted by molar-refractivity contribution is 9.09. The van der Waals surface area contributed by atoms with Crippen molar-refractivity contribution < 1.29 is 4.74 Å². The van der Waals surface area contributed by atoms with E-state index in [1.54, 1.807) is 0 Å². The highest BCUT2D eigenvalue weighted by atomic mass is 79.9. The molecule has 2 nitrogen and oxygen atoms in total. The molecular formula is C7H14BrNO. The number of epoxide rings is 1. The monoisotopic (exact) mass is 207 g/mol. The molecule has 1 heterocycles. The van der Waals surface area contributed by atoms with Crippen molar-refractivity contribution in [3.63, 3.8) is 0 Å². The zero-order valence-corrected chi connectivity index (χ0v) is 8.02. The smallest absolute Gasteiger partial charge is 0.136 e. The van der Waals surface area contributed by atoms with Crippen LogP contribution in [-0.2, 0) is 4.74 Å². The maximum absolute atomic E-state index is 5.32. The number of halogens is 1. The fraction of sp³-hybridized carbons (Fsp3) is 1.00. The molecule has 1 rings (SSSR count). The zero-order chi connectivity index (χ0) is 7.56. The third-order valence-corrected chi connectivity index (χ3v) is 2.09. The number of rotatable bonds is 4. The summed E-state index contributed by atoms with van der Waals surface area (Å²) in [6, 6.07) is 0. The lowest BCUT2D eigenvalue weighted by Crippen LogP contribution is -2.22. The summed E-state index contributed by atoms with van der Waals surface area (Å²) in [5.41, 5.74) is 0. The first-order valence-electron chi connectivity index (χ1n) is 3.78. The van der Waals surface area contributed by atoms with E-state index in [1.807, 2.05) is 0 Å². The molecule has 0 spiro atoms. The molecule has 60 valence electrons. The van der Waals surface area contributed by atoms with Crippen molar-refractivity contribution >= 4 is 15.9 Å². The van der Waals surface area contributed by atoms with E-state index in [9.17, 15) is 0 Å². The van der Waals surface area contributed by atoms with Gasteiger partial charge in [-0.1, -0.05) is 22.9 Å². The minimum atomic E-state index is 0.314. The second kappa shape index (κ2) is 3.69. The van der Waals surface area contributed by atoms with E-state index in [1.165, 1.54) is 6.42 Å². The normalized spacial score (nSPS) is 33.9. The van der Waals surface area contributed by atoms with Gasteiger partial charge < -0.3 is 4.74 Å². The Morgan fingerprint density at radius 2 is 2.40 bits per heavy atom. The van der Waals surface area contributed by atoms with Crippen LogP contribution in [0.2, 0.25) is 0 Å². The largest absolute Gasteiger partial charge is 0.352 e. The minimum absolute atomic E-state index is 0.314. The van der Waals surface area contributed by atoms with Crippen molar-refractivity contribution in [2.75, 3.05) is 6.54 Å². The van der Waals surface area contributed by atoms with Crippen molar-refractivity contribution in [1.29, 1.82) is 0 Å². The molecule has 3 heteroatoms. The van der Waals surface area contributed by atoms with Gasteiger partial charge in [0.2, 0.25) is 0 Å². The van der Waals surface area contributed by atoms with Crippen molar-refractivity contribution in [2.24, 2.45) is 0 Å². The molecule has 0 aromatic carbocycles. The summed E-state index contributed by atoms with van der Waals surface area (Å²) in [5, 5.41) is 3.29. The molecule has 3 atom stereocenters. The Balaban J connectivity index is 2.02. The van der Waals surface area contributed by atoms with Crippen LogP contribution in [0.5, 0.6) is 0 Å². The molecule has 1 fully saturated rings. The summed E-state index contributed by atoms with van der Waals surface area (Å²) in [6.07, 6.45) is 1.88. The number of hydrogen-bond acceptors (Lipinski definition) is 2. The molecule has 0 bridgehead atoms. The number of ether oxygens (including phenoxy) is 1. The summed E-state index contributed by atoms with van der Waals surface area (Å²) in [4.78, 5) is 0.474. The molecule has 1 aliphatic heterocycles. The first kappa shape index (κ1) is 8.50. The van der Waals surface area contributed by atoms with Gasteiger partial charge in [0.05, 0.1) is 0 Å². The van der Waals surface area contributed by atoms with Gasteiger partial charge in [0, 0.05) is 4.83 Å². The molecule has 0 aromatic rings. The van der Waals surface area contributed by atoms with Crippen molar-refractivity contribution in [2.45, 2.75) is 37.4 Å². The van der Waals surface area contributed by atoms with E-state index >= 15 is 0 Å². The van der Waals surface area contributed by atoms with Crippen LogP contribution in [0.4, 0.5) is 0 Å². The predicted octanol–water partition coefficient (Wildman–Crippen LogP) is 1.49. The summed E-state index contributed by atoms with van der Waals surface area (Å²) in [7, 11) is 0. The van der Waals surface area contributed by atoms with Gasteiger partial charge in [0.1, 0.15) is 12.3 Å². The van der Waals surface area contributed by atoms with E-state index in [-0.39, 0.29) is 0 Å². The van der Waals surface area contributed by atoms with E-state index in [0.29, 0.717) is 17.2 Å². The topological polar surface area (TPSA) is 24.6 Å². The van der Waals surface area contributed by atoms with E-state index in [4.69, 9.17) is 4.74 Å². The van der Waals surface area contributed by atoms with E-state index < -0.39 is 0 Å². The molecule has 1 N–H and O–H groups in total. The second-order valence-electron chi connectivity index (χ2n) is 2.65. The standard InChI is InChI=1S/C7H14BrNO/c1-3-4-9-7-6(10-7)5(2)8/h5-7,9H,3-4H2,1-2H3. The van der Waals surface area contributed by atoms with Gasteiger partial charge in [-0.25, -0.2) is 0 Å². The van der Waals surface area contributed by atoms with Gasteiger partial charge in [-0.15, -0.1) is 0 Å². The molecule has 0 aliphatic carbocycles. The van der Waals surface area contributed by atoms with Crippen LogP contribution in [0.3, 0.4) is 0 Å². The van der Waals surface area contributed by atoms with Crippen molar-refractivity contribution in [1.82, 2.24) is 5.32 Å². The average molecular weight is 208 g/mol. The average Bonchev–Trinajstić information content (AvgIpc) is 2.62. The fourth-order valence-electron chi connectivity index (χ4n) is 0.924. The second-order valence-corrected chi connectivity index (χ2v) is 4.10. The first-order valence-corrected chi connectivity index (χ1v) is 4.70. The highest BCUT2D eigenvalue weighted by Crippen LogP contribution is 2.26. The summed E-state index contributed by atoms with van der Waals surface area (Å²) < 4.78 is 5.32. The number of alkyl halides is 1. The van der Waals surface area contributed by atoms with E-state index in [2.05, 4.69) is 35.1 Å². The molecule has 0 saturated carbocycles. The first-order chi connectivity index (χ1) is 4.75. The quantitative estimate of drug-likeness (QED) is 0.559. The van der Waals surface area contributed by atoms with Gasteiger partial charge >= 0.3 is 0 Å². The Kier molecular flexibility index (Phi) is 3.14. The lowest BCUT2D eigenvalue weighted by atomic mass is 10.3. The molecule has 0 amide bonds. The Bertz CT molecular complexity index is 108. The van der Waals surface area contributed by atoms with Gasteiger partial charge in [-0.2, -0.15) is 0 Å². The number of hydrogen-bond donors (Lipinski definition) is 1. The van der Waals surface area contributed by atoms with Crippen molar-refractivity contribution in [3.8, 4) is 0 Å². The molecule has 1 saturated heterocycles. The molecule has 0 aromatic heterocycles. The molecule has 1 aliphatic rings. The van der Waals surface area contributed by atoms with Crippen LogP contribution in [0.15, 0.2) is 0 Å². The van der Waals surface area contributed by atoms with Gasteiger partial charge in [-0.3, -0.25) is 5.32 Å². The summed E-state index contributed by atoms with van der Waals surface area (Å²) >= 11 is 3.47. The Morgan fingerprint density at radius 1 is 1.70 bits per heavy atom. The highest BCUT2D eigenvalue weighted by Gasteiger charge is 2.41. The Hall–Kier alpha value is 0.400. The minimum Gasteiger partial charge on any atom is -0.352 e. The SMILES string of the molecule is CCCNC1OC1C(C)Br. The van der Waals surface area contributed by atoms with Crippen LogP contribution in [-0.4, -0.2) is 23.7 Å². The van der Waals surface area contributed by atoms with Gasteiger partial charge in [0.25, 0.3) is 0 Å². The van der Waals surface area contributed by atoms with E-state index in [0.717, 1.165) is 6.54 Å². The maximum atomic E-state index is 5.32. The van der Waals surface area contributed by atoms with Crippen LogP contribution in [0, 0.1) is 0 Å². The van der Waals surface area contributed by atoms with Crippen LogP contribution in [0.1, 0.15) is 20.3 Å². The zero-order valence-electron chi connectivity index (χ0n) is 6.43. The maximum Gasteiger partial charge on any atom is 0.136 e.